The molecule has 0 radical (unpaired) electrons. The van der Waals surface area contributed by atoms with Gasteiger partial charge < -0.3 is 10.1 Å². The van der Waals surface area contributed by atoms with E-state index in [1.54, 1.807) is 7.05 Å². The van der Waals surface area contributed by atoms with Crippen LogP contribution >= 0.6 is 0 Å². The molecule has 0 heterocycles. The fourth-order valence-corrected chi connectivity index (χ4v) is 2.00. The first-order valence-electron chi connectivity index (χ1n) is 5.53. The number of hydrogen-bond donors (Lipinski definition) is 1. The summed E-state index contributed by atoms with van der Waals surface area (Å²) in [7, 11) is 1.77. The van der Waals surface area contributed by atoms with Crippen LogP contribution in [0.1, 0.15) is 17.9 Å². The summed E-state index contributed by atoms with van der Waals surface area (Å²) in [5, 5.41) is 3.00. The molecule has 2 rings (SSSR count). The normalized spacial score (nSPS) is 22.6. The molecule has 1 fully saturated rings. The summed E-state index contributed by atoms with van der Waals surface area (Å²) in [6.07, 6.45) is 0.739. The zero-order valence-corrected chi connectivity index (χ0v) is 9.47. The maximum atomic E-state index is 13.7. The number of nitrogens with one attached hydrogen (secondary N) is 1. The first-order chi connectivity index (χ1) is 8.19. The average Bonchev–Trinajstić information content (AvgIpc) is 3.09. The van der Waals surface area contributed by atoms with Crippen LogP contribution in [-0.2, 0) is 0 Å². The molecule has 0 amide bonds. The van der Waals surface area contributed by atoms with E-state index in [0.29, 0.717) is 0 Å². The standard InChI is InChI=1S/C12H14F3NO/c1-16-9-6-7(9)11-10(17-5-4-13)3-2-8(14)12(11)15/h2-3,7,9,16H,4-6H2,1H3. The van der Waals surface area contributed by atoms with Crippen LogP contribution in [0.3, 0.4) is 0 Å². The lowest BCUT2D eigenvalue weighted by molar-refractivity contribution is 0.268. The Morgan fingerprint density at radius 3 is 2.76 bits per heavy atom. The Hall–Kier alpha value is -1.23. The van der Waals surface area contributed by atoms with Crippen LogP contribution in [0.4, 0.5) is 13.2 Å². The number of benzene rings is 1. The first kappa shape index (κ1) is 12.2. The Kier molecular flexibility index (Phi) is 3.57. The molecule has 0 bridgehead atoms. The van der Waals surface area contributed by atoms with Crippen molar-refractivity contribution in [2.45, 2.75) is 18.4 Å². The van der Waals surface area contributed by atoms with Crippen LogP contribution in [0.15, 0.2) is 12.1 Å². The summed E-state index contributed by atoms with van der Waals surface area (Å²) >= 11 is 0. The molecule has 0 saturated heterocycles. The van der Waals surface area contributed by atoms with Gasteiger partial charge in [-0.3, -0.25) is 0 Å². The summed E-state index contributed by atoms with van der Waals surface area (Å²) in [6.45, 7) is -0.798. The van der Waals surface area contributed by atoms with Crippen molar-refractivity contribution < 1.29 is 17.9 Å². The number of hydrogen-bond acceptors (Lipinski definition) is 2. The van der Waals surface area contributed by atoms with Gasteiger partial charge in [-0.1, -0.05) is 0 Å². The number of alkyl halides is 1. The van der Waals surface area contributed by atoms with Crippen LogP contribution < -0.4 is 10.1 Å². The van der Waals surface area contributed by atoms with Crippen molar-refractivity contribution in [3.63, 3.8) is 0 Å². The Morgan fingerprint density at radius 1 is 1.41 bits per heavy atom. The molecule has 1 aliphatic rings. The van der Waals surface area contributed by atoms with Crippen LogP contribution in [0.5, 0.6) is 5.75 Å². The maximum Gasteiger partial charge on any atom is 0.166 e. The minimum absolute atomic E-state index is 0.0923. The lowest BCUT2D eigenvalue weighted by Crippen LogP contribution is -2.12. The number of rotatable bonds is 5. The summed E-state index contributed by atoms with van der Waals surface area (Å²) in [4.78, 5) is 0. The van der Waals surface area contributed by atoms with Gasteiger partial charge in [0.1, 0.15) is 19.0 Å². The number of halogens is 3. The highest BCUT2D eigenvalue weighted by atomic mass is 19.2. The highest BCUT2D eigenvalue weighted by Gasteiger charge is 2.41. The van der Waals surface area contributed by atoms with Gasteiger partial charge in [-0.25, -0.2) is 13.2 Å². The van der Waals surface area contributed by atoms with Gasteiger partial charge in [0.15, 0.2) is 11.6 Å². The smallest absolute Gasteiger partial charge is 0.166 e. The van der Waals surface area contributed by atoms with Crippen LogP contribution in [0.25, 0.3) is 0 Å². The van der Waals surface area contributed by atoms with Crippen molar-refractivity contribution in [3.05, 3.63) is 29.3 Å². The van der Waals surface area contributed by atoms with Gasteiger partial charge in [-0.15, -0.1) is 0 Å². The van der Waals surface area contributed by atoms with Crippen molar-refractivity contribution in [1.82, 2.24) is 5.32 Å². The molecular weight excluding hydrogens is 231 g/mol. The predicted molar refractivity (Wildman–Crippen MR) is 58.0 cm³/mol. The molecule has 1 aromatic carbocycles. The van der Waals surface area contributed by atoms with E-state index in [2.05, 4.69) is 5.32 Å². The SMILES string of the molecule is CNC1CC1c1c(OCCF)ccc(F)c1F. The molecule has 1 aliphatic carbocycles. The highest BCUT2D eigenvalue weighted by molar-refractivity contribution is 5.42. The molecule has 94 valence electrons. The van der Waals surface area contributed by atoms with Crippen molar-refractivity contribution in [2.75, 3.05) is 20.3 Å². The Labute approximate surface area is 97.8 Å². The topological polar surface area (TPSA) is 21.3 Å². The maximum absolute atomic E-state index is 13.7. The summed E-state index contributed by atoms with van der Waals surface area (Å²) in [6, 6.07) is 2.50. The summed E-state index contributed by atoms with van der Waals surface area (Å²) in [5.41, 5.74) is 0.220. The van der Waals surface area contributed by atoms with Crippen LogP contribution in [0.2, 0.25) is 0 Å². The van der Waals surface area contributed by atoms with Crippen molar-refractivity contribution in [3.8, 4) is 5.75 Å². The molecule has 5 heteroatoms. The Balaban J connectivity index is 2.29. The fourth-order valence-electron chi connectivity index (χ4n) is 2.00. The minimum Gasteiger partial charge on any atom is -0.490 e. The lowest BCUT2D eigenvalue weighted by Gasteiger charge is -2.11. The van der Waals surface area contributed by atoms with Gasteiger partial charge in [-0.05, 0) is 25.6 Å². The molecular formula is C12H14F3NO. The van der Waals surface area contributed by atoms with Gasteiger partial charge in [0.25, 0.3) is 0 Å². The predicted octanol–water partition coefficient (Wildman–Crippen LogP) is 2.39. The second kappa shape index (κ2) is 4.96. The summed E-state index contributed by atoms with van der Waals surface area (Å²) in [5.74, 6) is -1.63. The minimum atomic E-state index is -0.894. The van der Waals surface area contributed by atoms with E-state index < -0.39 is 18.3 Å². The largest absolute Gasteiger partial charge is 0.490 e. The number of likely N-dealkylation sites (N-methyl/N-ethyl adjacent to an activating group) is 1. The second-order valence-electron chi connectivity index (χ2n) is 4.05. The zero-order chi connectivity index (χ0) is 12.4. The molecule has 0 spiro atoms. The molecule has 17 heavy (non-hydrogen) atoms. The molecule has 2 atom stereocenters. The van der Waals surface area contributed by atoms with E-state index >= 15 is 0 Å². The second-order valence-corrected chi connectivity index (χ2v) is 4.05. The van der Waals surface area contributed by atoms with E-state index in [1.165, 1.54) is 6.07 Å². The Bertz CT molecular complexity index is 411. The molecule has 2 unspecified atom stereocenters. The molecule has 1 aromatic rings. The van der Waals surface area contributed by atoms with Crippen LogP contribution in [-0.4, -0.2) is 26.4 Å². The lowest BCUT2D eigenvalue weighted by atomic mass is 10.1. The van der Waals surface area contributed by atoms with E-state index in [1.807, 2.05) is 0 Å². The first-order valence-corrected chi connectivity index (χ1v) is 5.53. The van der Waals surface area contributed by atoms with Gasteiger partial charge in [-0.2, -0.15) is 0 Å². The zero-order valence-electron chi connectivity index (χ0n) is 9.47. The Morgan fingerprint density at radius 2 is 2.18 bits per heavy atom. The van der Waals surface area contributed by atoms with E-state index in [0.717, 1.165) is 12.5 Å². The third-order valence-electron chi connectivity index (χ3n) is 2.96. The van der Waals surface area contributed by atoms with E-state index in [-0.39, 0.29) is 29.9 Å². The van der Waals surface area contributed by atoms with Gasteiger partial charge in [0, 0.05) is 17.5 Å². The molecule has 1 saturated carbocycles. The van der Waals surface area contributed by atoms with Crippen molar-refractivity contribution >= 4 is 0 Å². The molecule has 1 N–H and O–H groups in total. The van der Waals surface area contributed by atoms with Crippen molar-refractivity contribution in [2.24, 2.45) is 0 Å². The molecule has 0 aliphatic heterocycles. The van der Waals surface area contributed by atoms with Crippen molar-refractivity contribution in [1.29, 1.82) is 0 Å². The monoisotopic (exact) mass is 245 g/mol. The van der Waals surface area contributed by atoms with Crippen LogP contribution in [0, 0.1) is 11.6 Å². The number of ether oxygens (including phenoxy) is 1. The van der Waals surface area contributed by atoms with Gasteiger partial charge in [0.2, 0.25) is 0 Å². The van der Waals surface area contributed by atoms with E-state index in [4.69, 9.17) is 4.74 Å². The third-order valence-corrected chi connectivity index (χ3v) is 2.96. The average molecular weight is 245 g/mol. The molecule has 0 aromatic heterocycles. The van der Waals surface area contributed by atoms with E-state index in [9.17, 15) is 13.2 Å². The molecule has 2 nitrogen and oxygen atoms in total. The highest BCUT2D eigenvalue weighted by Crippen LogP contribution is 2.46. The van der Waals surface area contributed by atoms with Gasteiger partial charge >= 0.3 is 0 Å². The quantitative estimate of drug-likeness (QED) is 0.860. The van der Waals surface area contributed by atoms with Gasteiger partial charge in [0.05, 0.1) is 0 Å². The third kappa shape index (κ3) is 2.39. The summed E-state index contributed by atoms with van der Waals surface area (Å²) < 4.78 is 44.0. The fraction of sp³-hybridized carbons (Fsp3) is 0.500.